The van der Waals surface area contributed by atoms with Gasteiger partial charge < -0.3 is 39.7 Å². The van der Waals surface area contributed by atoms with Crippen molar-refractivity contribution in [3.05, 3.63) is 344 Å². The highest BCUT2D eigenvalue weighted by Crippen LogP contribution is 2.53. The molecule has 125 heavy (non-hydrogen) atoms. The lowest BCUT2D eigenvalue weighted by atomic mass is 9.86. The van der Waals surface area contributed by atoms with Crippen LogP contribution in [0.2, 0.25) is 0 Å². The lowest BCUT2D eigenvalue weighted by Crippen LogP contribution is -2.10. The Labute approximate surface area is 711 Å². The molecule has 30 aromatic rings. The summed E-state index contributed by atoms with van der Waals surface area (Å²) in [4.78, 5) is 0. The van der Waals surface area contributed by atoms with Gasteiger partial charge in [0.25, 0.3) is 0 Å². The van der Waals surface area contributed by atoms with E-state index in [9.17, 15) is 0 Å². The second kappa shape index (κ2) is 24.7. The van der Waals surface area contributed by atoms with Crippen molar-refractivity contribution in [2.75, 3.05) is 0 Å². The van der Waals surface area contributed by atoms with Crippen molar-refractivity contribution in [1.82, 2.24) is 13.2 Å². The van der Waals surface area contributed by atoms with E-state index in [4.69, 9.17) is 26.5 Å². The Balaban J connectivity index is 0.0000000957. The van der Waals surface area contributed by atoms with Gasteiger partial charge in [-0.15, -0.1) is 0 Å². The van der Waals surface area contributed by atoms with Crippen LogP contribution in [-0.4, -0.2) is 13.2 Å². The van der Waals surface area contributed by atoms with Crippen LogP contribution >= 0.6 is 0 Å². The Morgan fingerprint density at radius 2 is 0.408 bits per heavy atom. The SMILES string of the molecule is CC(C)(C)c1ccc(-c2cc3c4ccc5c6ccccc6oc5c4n4c3c(c2)c2ccc3c5ccccc5oc3c24)cc1.CC(C)c1ccc(-c2cc3c4ccc5c6ccccc6oc5c4n4c3c(c2)c2ccc3c5ccccc5oc3c24)cc1.Cc1ccc(-c2cc3c4ccc5c6ccccc6oc5c4n4c3c(c2)c2ccc3c5ccccc5oc3c24)cc1. The molecule has 0 amide bonds. The lowest BCUT2D eigenvalue weighted by molar-refractivity contribution is 0.590. The fraction of sp³-hybridized carbons (Fsp3) is 0.0690. The Bertz CT molecular complexity index is 9410. The molecule has 18 aromatic carbocycles. The second-order valence-corrected chi connectivity index (χ2v) is 35.9. The smallest absolute Gasteiger partial charge is 0.160 e. The zero-order chi connectivity index (χ0) is 82.4. The number of rotatable bonds is 4. The van der Waals surface area contributed by atoms with Crippen LogP contribution in [0.5, 0.6) is 0 Å². The summed E-state index contributed by atoms with van der Waals surface area (Å²) in [5, 5.41) is 28.1. The Morgan fingerprint density at radius 1 is 0.200 bits per heavy atom. The summed E-state index contributed by atoms with van der Waals surface area (Å²) in [5.41, 5.74) is 32.5. The second-order valence-electron chi connectivity index (χ2n) is 35.9. The van der Waals surface area contributed by atoms with Gasteiger partial charge in [-0.05, 0) is 172 Å². The summed E-state index contributed by atoms with van der Waals surface area (Å²) in [6, 6.07) is 118. The van der Waals surface area contributed by atoms with Crippen molar-refractivity contribution in [3.8, 4) is 33.4 Å². The van der Waals surface area contributed by atoms with Gasteiger partial charge in [-0.25, -0.2) is 0 Å². The van der Waals surface area contributed by atoms with Gasteiger partial charge in [-0.1, -0.05) is 259 Å². The highest BCUT2D eigenvalue weighted by Gasteiger charge is 2.31. The first-order valence-electron chi connectivity index (χ1n) is 43.3. The first-order chi connectivity index (χ1) is 61.3. The molecule has 12 heterocycles. The van der Waals surface area contributed by atoms with Gasteiger partial charge in [-0.2, -0.15) is 0 Å². The number of hydrogen-bond donors (Lipinski definition) is 0. The van der Waals surface area contributed by atoms with E-state index >= 15 is 0 Å². The van der Waals surface area contributed by atoms with Crippen LogP contribution in [0.3, 0.4) is 0 Å². The largest absolute Gasteiger partial charge is 0.454 e. The third kappa shape index (κ3) is 9.40. The Morgan fingerprint density at radius 3 is 0.632 bits per heavy atom. The van der Waals surface area contributed by atoms with Crippen LogP contribution in [0, 0.1) is 6.92 Å². The molecule has 0 aliphatic carbocycles. The summed E-state index contributed by atoms with van der Waals surface area (Å²) in [5.74, 6) is 0.501. The molecule has 9 nitrogen and oxygen atoms in total. The molecule has 588 valence electrons. The van der Waals surface area contributed by atoms with Crippen LogP contribution in [0.4, 0.5) is 0 Å². The number of benzene rings is 18. The van der Waals surface area contributed by atoms with Gasteiger partial charge in [-0.3, -0.25) is 0 Å². The minimum Gasteiger partial charge on any atom is -0.454 e. The molecular formula is C116H73N3O6. The number of hydrogen-bond acceptors (Lipinski definition) is 6. The molecular weight excluding hydrogens is 1530 g/mol. The minimum atomic E-state index is 0.110. The molecule has 0 fully saturated rings. The maximum absolute atomic E-state index is 6.66. The predicted octanol–water partition coefficient (Wildman–Crippen LogP) is 33.6. The van der Waals surface area contributed by atoms with Crippen LogP contribution in [0.1, 0.15) is 57.2 Å². The van der Waals surface area contributed by atoms with Crippen molar-refractivity contribution in [2.24, 2.45) is 0 Å². The number of furan rings is 6. The summed E-state index contributed by atoms with van der Waals surface area (Å²) in [7, 11) is 0. The van der Waals surface area contributed by atoms with Crippen LogP contribution in [0.25, 0.3) is 279 Å². The summed E-state index contributed by atoms with van der Waals surface area (Å²) < 4.78 is 47.1. The van der Waals surface area contributed by atoms with Crippen molar-refractivity contribution >= 4 is 246 Å². The average Bonchev–Trinajstić information content (AvgIpc) is 1.52. The first kappa shape index (κ1) is 68.9. The fourth-order valence-electron chi connectivity index (χ4n) is 21.6. The van der Waals surface area contributed by atoms with Crippen LogP contribution in [-0.2, 0) is 5.41 Å². The molecule has 0 radical (unpaired) electrons. The van der Waals surface area contributed by atoms with E-state index < -0.39 is 0 Å². The van der Waals surface area contributed by atoms with Gasteiger partial charge in [0.15, 0.2) is 33.5 Å². The number of aryl methyl sites for hydroxylation is 1. The Hall–Kier alpha value is -15.8. The standard InChI is InChI=1S/C40H27NO2.C39H25NO2.C37H21NO2/c1-40(2,3)24-14-12-22(13-15-24)23-20-31-27-16-18-29-25-8-4-6-10-33(25)42-38(29)36(27)41-35(31)32(21-23)28-17-19-30-26-9-5-7-11-34(26)43-39(30)37(28)41;1-21(2)22-11-13-23(14-12-22)24-19-31-27-15-17-29-25-7-3-5-9-33(25)41-38(29)36(27)40-35(31)32(20-24)28-16-18-30-26-8-4-6-10-34(26)42-39(30)37(28)40;1-20-10-12-21(13-11-20)22-18-29-25-14-16-27-23-6-2-4-8-31(23)39-36(27)34(25)38-33(29)30(19-22)26-15-17-28-24-7-3-5-9-32(24)40-37(28)35(26)38/h4-21H,1-3H3;3-21H,1-2H3;2-19H,1H3. The van der Waals surface area contributed by atoms with E-state index in [1.54, 1.807) is 0 Å². The molecule has 0 aliphatic rings. The monoisotopic (exact) mass is 1600 g/mol. The molecule has 0 spiro atoms. The number of aromatic nitrogens is 3. The number of fused-ring (bicyclic) bond motifs is 42. The van der Waals surface area contributed by atoms with E-state index in [1.165, 1.54) is 131 Å². The molecule has 0 aliphatic heterocycles. The van der Waals surface area contributed by atoms with E-state index in [1.807, 2.05) is 36.4 Å². The maximum Gasteiger partial charge on any atom is 0.160 e. The highest BCUT2D eigenvalue weighted by molar-refractivity contribution is 6.36. The quantitative estimate of drug-likeness (QED) is 0.174. The van der Waals surface area contributed by atoms with Crippen molar-refractivity contribution < 1.29 is 26.5 Å². The maximum atomic E-state index is 6.66. The molecule has 9 heteroatoms. The van der Waals surface area contributed by atoms with Gasteiger partial charge in [0.2, 0.25) is 0 Å². The van der Waals surface area contributed by atoms with Gasteiger partial charge in [0.05, 0.1) is 49.7 Å². The van der Waals surface area contributed by atoms with E-state index in [0.29, 0.717) is 5.92 Å². The third-order valence-corrected chi connectivity index (χ3v) is 27.6. The summed E-state index contributed by atoms with van der Waals surface area (Å²) >= 11 is 0. The van der Waals surface area contributed by atoms with Crippen molar-refractivity contribution in [3.63, 3.8) is 0 Å². The van der Waals surface area contributed by atoms with Gasteiger partial charge >= 0.3 is 0 Å². The zero-order valence-corrected chi connectivity index (χ0v) is 69.0. The predicted molar refractivity (Wildman–Crippen MR) is 521 cm³/mol. The Kier molecular flexibility index (Phi) is 13.6. The van der Waals surface area contributed by atoms with Gasteiger partial charge in [0.1, 0.15) is 33.5 Å². The van der Waals surface area contributed by atoms with Crippen molar-refractivity contribution in [1.29, 1.82) is 0 Å². The molecule has 0 bridgehead atoms. The highest BCUT2D eigenvalue weighted by atomic mass is 16.4. The lowest BCUT2D eigenvalue weighted by Gasteiger charge is -2.19. The normalized spacial score (nSPS) is 12.8. The molecule has 0 N–H and O–H groups in total. The summed E-state index contributed by atoms with van der Waals surface area (Å²) in [6.07, 6.45) is 0. The minimum absolute atomic E-state index is 0.110. The first-order valence-corrected chi connectivity index (χ1v) is 43.3. The number of nitrogens with zero attached hydrogens (tertiary/aromatic N) is 3. The molecule has 0 saturated heterocycles. The third-order valence-electron chi connectivity index (χ3n) is 27.6. The van der Waals surface area contributed by atoms with E-state index in [2.05, 4.69) is 346 Å². The van der Waals surface area contributed by atoms with Gasteiger partial charge in [0, 0.05) is 129 Å². The van der Waals surface area contributed by atoms with Crippen LogP contribution in [0.15, 0.2) is 354 Å². The molecule has 0 atom stereocenters. The summed E-state index contributed by atoms with van der Waals surface area (Å²) in [6.45, 7) is 13.4. The van der Waals surface area contributed by atoms with Crippen molar-refractivity contribution in [2.45, 2.75) is 52.9 Å². The van der Waals surface area contributed by atoms with Crippen LogP contribution < -0.4 is 0 Å². The molecule has 30 rings (SSSR count). The average molecular weight is 1600 g/mol. The zero-order valence-electron chi connectivity index (χ0n) is 69.0. The molecule has 0 saturated carbocycles. The number of para-hydroxylation sites is 6. The topological polar surface area (TPSA) is 92.1 Å². The molecule has 12 aromatic heterocycles. The fourth-order valence-corrected chi connectivity index (χ4v) is 21.6. The molecule has 0 unspecified atom stereocenters. The van der Waals surface area contributed by atoms with E-state index in [0.717, 1.165) is 165 Å². The van der Waals surface area contributed by atoms with E-state index in [-0.39, 0.29) is 5.41 Å².